The molecule has 3 rings (SSSR count). The van der Waals surface area contributed by atoms with E-state index in [1.165, 1.54) is 17.9 Å². The van der Waals surface area contributed by atoms with Crippen molar-refractivity contribution >= 4 is 17.6 Å². The van der Waals surface area contributed by atoms with Gasteiger partial charge in [-0.15, -0.1) is 0 Å². The van der Waals surface area contributed by atoms with Crippen LogP contribution in [0.3, 0.4) is 0 Å². The maximum atomic E-state index is 12.4. The summed E-state index contributed by atoms with van der Waals surface area (Å²) in [6, 6.07) is 8.84. The molecule has 0 spiro atoms. The summed E-state index contributed by atoms with van der Waals surface area (Å²) in [5, 5.41) is 0. The smallest absolute Gasteiger partial charge is 0.347 e. The van der Waals surface area contributed by atoms with Crippen molar-refractivity contribution in [1.29, 1.82) is 0 Å². The molecule has 8 nitrogen and oxygen atoms in total. The molecule has 0 saturated carbocycles. The molecule has 1 saturated heterocycles. The Morgan fingerprint density at radius 2 is 1.81 bits per heavy atom. The van der Waals surface area contributed by atoms with Crippen molar-refractivity contribution in [3.63, 3.8) is 0 Å². The van der Waals surface area contributed by atoms with Gasteiger partial charge in [0.05, 0.1) is 12.7 Å². The lowest BCUT2D eigenvalue weighted by atomic mass is 10.2. The number of benzene rings is 1. The van der Waals surface area contributed by atoms with Crippen LogP contribution in [-0.4, -0.2) is 59.6 Å². The largest absolute Gasteiger partial charge is 0.465 e. The van der Waals surface area contributed by atoms with Crippen LogP contribution in [0, 0.1) is 0 Å². The lowest BCUT2D eigenvalue weighted by Crippen LogP contribution is -2.50. The number of carbonyl (C=O) groups is 2. The molecule has 1 fully saturated rings. The molecule has 0 radical (unpaired) electrons. The Bertz CT molecular complexity index is 839. The van der Waals surface area contributed by atoms with Crippen LogP contribution < -0.4 is 10.6 Å². The fraction of sp³-hybridized carbons (Fsp3) is 0.333. The number of hydrogen-bond acceptors (Lipinski definition) is 6. The standard InChI is InChI=1S/C18H20N4O4/c1-26-17(24)14-3-5-15(6-4-14)20-9-11-21(12-10-20)16(23)13-22-8-2-7-19-18(22)25/h2-8H,9-13H2,1H3. The number of piperazine rings is 1. The summed E-state index contributed by atoms with van der Waals surface area (Å²) in [6.45, 7) is 2.52. The summed E-state index contributed by atoms with van der Waals surface area (Å²) in [5.74, 6) is -0.460. The van der Waals surface area contributed by atoms with Gasteiger partial charge in [0.25, 0.3) is 0 Å². The van der Waals surface area contributed by atoms with Gasteiger partial charge in [-0.1, -0.05) is 0 Å². The minimum Gasteiger partial charge on any atom is -0.465 e. The first-order valence-corrected chi connectivity index (χ1v) is 8.31. The van der Waals surface area contributed by atoms with Crippen molar-refractivity contribution in [2.24, 2.45) is 0 Å². The summed E-state index contributed by atoms with van der Waals surface area (Å²) < 4.78 is 6.00. The molecule has 1 aliphatic rings. The van der Waals surface area contributed by atoms with E-state index < -0.39 is 5.69 Å². The maximum Gasteiger partial charge on any atom is 0.347 e. The van der Waals surface area contributed by atoms with E-state index >= 15 is 0 Å². The van der Waals surface area contributed by atoms with Crippen LogP contribution in [0.25, 0.3) is 0 Å². The van der Waals surface area contributed by atoms with E-state index in [0.717, 1.165) is 5.69 Å². The average Bonchev–Trinajstić information content (AvgIpc) is 2.69. The summed E-state index contributed by atoms with van der Waals surface area (Å²) in [5.41, 5.74) is 1.07. The van der Waals surface area contributed by atoms with E-state index in [-0.39, 0.29) is 18.4 Å². The predicted octanol–water partition coefficient (Wildman–Crippen LogP) is 0.379. The molecule has 0 N–H and O–H groups in total. The number of aromatic nitrogens is 2. The third kappa shape index (κ3) is 3.90. The predicted molar refractivity (Wildman–Crippen MR) is 95.1 cm³/mol. The zero-order valence-corrected chi connectivity index (χ0v) is 14.5. The van der Waals surface area contributed by atoms with E-state index in [1.807, 2.05) is 12.1 Å². The molecule has 26 heavy (non-hydrogen) atoms. The Balaban J connectivity index is 1.57. The van der Waals surface area contributed by atoms with E-state index in [0.29, 0.717) is 31.7 Å². The highest BCUT2D eigenvalue weighted by atomic mass is 16.5. The number of nitrogens with zero attached hydrogens (tertiary/aromatic N) is 4. The molecule has 0 aliphatic carbocycles. The number of esters is 1. The van der Waals surface area contributed by atoms with Crippen LogP contribution in [0.1, 0.15) is 10.4 Å². The number of methoxy groups -OCH3 is 1. The van der Waals surface area contributed by atoms with E-state index in [4.69, 9.17) is 4.74 Å². The first-order valence-electron chi connectivity index (χ1n) is 8.31. The average molecular weight is 356 g/mol. The first-order chi connectivity index (χ1) is 12.6. The van der Waals surface area contributed by atoms with Gasteiger partial charge in [0, 0.05) is 44.3 Å². The lowest BCUT2D eigenvalue weighted by Gasteiger charge is -2.36. The number of hydrogen-bond donors (Lipinski definition) is 0. The second kappa shape index (κ2) is 7.81. The Hall–Kier alpha value is -3.16. The molecule has 1 amide bonds. The van der Waals surface area contributed by atoms with Crippen molar-refractivity contribution < 1.29 is 14.3 Å². The number of ether oxygens (including phenoxy) is 1. The molecule has 0 unspecified atom stereocenters. The highest BCUT2D eigenvalue weighted by Gasteiger charge is 2.22. The molecule has 1 aromatic carbocycles. The molecular weight excluding hydrogens is 336 g/mol. The highest BCUT2D eigenvalue weighted by molar-refractivity contribution is 5.89. The molecule has 1 aromatic heterocycles. The van der Waals surface area contributed by atoms with Crippen molar-refractivity contribution in [2.75, 3.05) is 38.2 Å². The summed E-state index contributed by atoms with van der Waals surface area (Å²) in [7, 11) is 1.35. The molecule has 136 valence electrons. The van der Waals surface area contributed by atoms with Gasteiger partial charge >= 0.3 is 11.7 Å². The van der Waals surface area contributed by atoms with Crippen molar-refractivity contribution in [3.05, 3.63) is 58.8 Å². The number of amides is 1. The first kappa shape index (κ1) is 17.7. The van der Waals surface area contributed by atoms with E-state index in [2.05, 4.69) is 9.88 Å². The minimum absolute atomic E-state index is 0.000496. The monoisotopic (exact) mass is 356 g/mol. The van der Waals surface area contributed by atoms with Gasteiger partial charge in [0.2, 0.25) is 5.91 Å². The Morgan fingerprint density at radius 3 is 2.42 bits per heavy atom. The van der Waals surface area contributed by atoms with E-state index in [1.54, 1.807) is 29.3 Å². The molecule has 8 heteroatoms. The van der Waals surface area contributed by atoms with Crippen LogP contribution >= 0.6 is 0 Å². The van der Waals surface area contributed by atoms with Crippen LogP contribution in [0.2, 0.25) is 0 Å². The SMILES string of the molecule is COC(=O)c1ccc(N2CCN(C(=O)Cn3cccnc3=O)CC2)cc1. The zero-order chi connectivity index (χ0) is 18.5. The second-order valence-electron chi connectivity index (χ2n) is 5.94. The van der Waals surface area contributed by atoms with Crippen molar-refractivity contribution in [2.45, 2.75) is 6.54 Å². The van der Waals surface area contributed by atoms with Crippen LogP contribution in [-0.2, 0) is 16.1 Å². The Kier molecular flexibility index (Phi) is 5.31. The van der Waals surface area contributed by atoms with Gasteiger partial charge in [-0.25, -0.2) is 14.6 Å². The van der Waals surface area contributed by atoms with Crippen molar-refractivity contribution in [3.8, 4) is 0 Å². The van der Waals surface area contributed by atoms with Crippen LogP contribution in [0.4, 0.5) is 5.69 Å². The summed E-state index contributed by atoms with van der Waals surface area (Å²) >= 11 is 0. The molecular formula is C18H20N4O4. The fourth-order valence-electron chi connectivity index (χ4n) is 2.89. The lowest BCUT2D eigenvalue weighted by molar-refractivity contribution is -0.132. The summed E-state index contributed by atoms with van der Waals surface area (Å²) in [6.07, 6.45) is 2.97. The minimum atomic E-state index is -0.426. The fourth-order valence-corrected chi connectivity index (χ4v) is 2.89. The summed E-state index contributed by atoms with van der Waals surface area (Å²) in [4.78, 5) is 43.0. The Morgan fingerprint density at radius 1 is 1.12 bits per heavy atom. The molecule has 0 bridgehead atoms. The van der Waals surface area contributed by atoms with Gasteiger partial charge < -0.3 is 14.5 Å². The molecule has 2 heterocycles. The van der Waals surface area contributed by atoms with E-state index in [9.17, 15) is 14.4 Å². The normalized spacial score (nSPS) is 14.2. The number of anilines is 1. The van der Waals surface area contributed by atoms with Gasteiger partial charge in [-0.3, -0.25) is 9.36 Å². The number of carbonyl (C=O) groups excluding carboxylic acids is 2. The van der Waals surface area contributed by atoms with Crippen LogP contribution in [0.5, 0.6) is 0 Å². The third-order valence-corrected chi connectivity index (χ3v) is 4.37. The van der Waals surface area contributed by atoms with Crippen molar-refractivity contribution in [1.82, 2.24) is 14.5 Å². The van der Waals surface area contributed by atoms with Gasteiger partial charge in [-0.2, -0.15) is 0 Å². The molecule has 0 atom stereocenters. The third-order valence-electron chi connectivity index (χ3n) is 4.37. The van der Waals surface area contributed by atoms with Gasteiger partial charge in [-0.05, 0) is 30.3 Å². The number of rotatable bonds is 4. The second-order valence-corrected chi connectivity index (χ2v) is 5.94. The zero-order valence-electron chi connectivity index (χ0n) is 14.5. The topological polar surface area (TPSA) is 84.7 Å². The Labute approximate surface area is 150 Å². The van der Waals surface area contributed by atoms with Gasteiger partial charge in [0.1, 0.15) is 6.54 Å². The van der Waals surface area contributed by atoms with Crippen LogP contribution in [0.15, 0.2) is 47.5 Å². The maximum absolute atomic E-state index is 12.4. The molecule has 2 aromatic rings. The quantitative estimate of drug-likeness (QED) is 0.737. The highest BCUT2D eigenvalue weighted by Crippen LogP contribution is 2.18. The molecule has 1 aliphatic heterocycles. The van der Waals surface area contributed by atoms with Gasteiger partial charge in [0.15, 0.2) is 0 Å².